The Kier molecular flexibility index (Phi) is 5.82. The van der Waals surface area contributed by atoms with Gasteiger partial charge in [0.05, 0.1) is 6.42 Å². The second kappa shape index (κ2) is 7.84. The van der Waals surface area contributed by atoms with Crippen molar-refractivity contribution in [1.82, 2.24) is 5.32 Å². The molecule has 0 aliphatic heterocycles. The van der Waals surface area contributed by atoms with E-state index in [1.807, 2.05) is 24.3 Å². The fourth-order valence-electron chi connectivity index (χ4n) is 2.28. The van der Waals surface area contributed by atoms with Crippen molar-refractivity contribution in [2.45, 2.75) is 26.2 Å². The van der Waals surface area contributed by atoms with Gasteiger partial charge in [-0.3, -0.25) is 4.79 Å². The van der Waals surface area contributed by atoms with Gasteiger partial charge in [0.15, 0.2) is 0 Å². The summed E-state index contributed by atoms with van der Waals surface area (Å²) in [6.45, 7) is 2.80. The molecule has 110 valence electrons. The minimum Gasteiger partial charge on any atom is -0.356 e. The number of halogens is 1. The van der Waals surface area contributed by atoms with Gasteiger partial charge in [-0.25, -0.2) is 0 Å². The van der Waals surface area contributed by atoms with Gasteiger partial charge in [-0.05, 0) is 43.0 Å². The SMILES string of the molecule is Cc1cccc(CCCNC(=O)Cc2cccc(Cl)c2)c1. The van der Waals surface area contributed by atoms with Crippen LogP contribution in [0.2, 0.25) is 5.02 Å². The summed E-state index contributed by atoms with van der Waals surface area (Å²) in [6.07, 6.45) is 2.31. The van der Waals surface area contributed by atoms with Gasteiger partial charge in [-0.15, -0.1) is 0 Å². The Hall–Kier alpha value is -1.80. The van der Waals surface area contributed by atoms with Crippen molar-refractivity contribution in [3.05, 3.63) is 70.2 Å². The Bertz CT molecular complexity index is 610. The minimum atomic E-state index is 0.0431. The smallest absolute Gasteiger partial charge is 0.224 e. The minimum absolute atomic E-state index is 0.0431. The molecule has 2 aromatic carbocycles. The highest BCUT2D eigenvalue weighted by atomic mass is 35.5. The highest BCUT2D eigenvalue weighted by Crippen LogP contribution is 2.11. The molecule has 1 N–H and O–H groups in total. The third kappa shape index (κ3) is 5.60. The van der Waals surface area contributed by atoms with Crippen LogP contribution in [0.5, 0.6) is 0 Å². The number of benzene rings is 2. The van der Waals surface area contributed by atoms with Gasteiger partial charge in [-0.1, -0.05) is 53.6 Å². The number of aryl methyl sites for hydroxylation is 2. The molecule has 0 saturated carbocycles. The summed E-state index contributed by atoms with van der Waals surface area (Å²) in [7, 11) is 0. The van der Waals surface area contributed by atoms with Crippen molar-refractivity contribution in [3.63, 3.8) is 0 Å². The van der Waals surface area contributed by atoms with Gasteiger partial charge in [-0.2, -0.15) is 0 Å². The molecule has 0 saturated heterocycles. The van der Waals surface area contributed by atoms with Crippen LogP contribution < -0.4 is 5.32 Å². The zero-order valence-corrected chi connectivity index (χ0v) is 13.0. The molecule has 0 radical (unpaired) electrons. The van der Waals surface area contributed by atoms with Gasteiger partial charge < -0.3 is 5.32 Å². The van der Waals surface area contributed by atoms with E-state index >= 15 is 0 Å². The average molecular weight is 302 g/mol. The molecule has 0 unspecified atom stereocenters. The molecule has 0 fully saturated rings. The van der Waals surface area contributed by atoms with Gasteiger partial charge in [0.1, 0.15) is 0 Å². The van der Waals surface area contributed by atoms with Crippen LogP contribution >= 0.6 is 11.6 Å². The van der Waals surface area contributed by atoms with E-state index in [-0.39, 0.29) is 5.91 Å². The van der Waals surface area contributed by atoms with E-state index in [1.54, 1.807) is 0 Å². The van der Waals surface area contributed by atoms with Crippen molar-refractivity contribution in [3.8, 4) is 0 Å². The molecule has 0 heterocycles. The van der Waals surface area contributed by atoms with Crippen LogP contribution in [0.4, 0.5) is 0 Å². The fourth-order valence-corrected chi connectivity index (χ4v) is 2.50. The molecular formula is C18H20ClNO. The largest absolute Gasteiger partial charge is 0.356 e. The molecule has 2 nitrogen and oxygen atoms in total. The normalized spacial score (nSPS) is 10.4. The second-order valence-corrected chi connectivity index (χ2v) is 5.69. The summed E-state index contributed by atoms with van der Waals surface area (Å²) in [5, 5.41) is 3.62. The second-order valence-electron chi connectivity index (χ2n) is 5.25. The first-order valence-electron chi connectivity index (χ1n) is 7.20. The highest BCUT2D eigenvalue weighted by Gasteiger charge is 2.03. The molecule has 21 heavy (non-hydrogen) atoms. The topological polar surface area (TPSA) is 29.1 Å². The quantitative estimate of drug-likeness (QED) is 0.805. The van der Waals surface area contributed by atoms with E-state index in [2.05, 4.69) is 36.5 Å². The number of carbonyl (C=O) groups is 1. The predicted octanol–water partition coefficient (Wildman–Crippen LogP) is 3.94. The maximum Gasteiger partial charge on any atom is 0.224 e. The number of hydrogen-bond donors (Lipinski definition) is 1. The first-order chi connectivity index (χ1) is 10.1. The summed E-state index contributed by atoms with van der Waals surface area (Å²) in [5.74, 6) is 0.0431. The molecular weight excluding hydrogens is 282 g/mol. The van der Waals surface area contributed by atoms with Crippen LogP contribution in [-0.4, -0.2) is 12.5 Å². The Labute approximate surface area is 131 Å². The van der Waals surface area contributed by atoms with Crippen LogP contribution in [0.15, 0.2) is 48.5 Å². The van der Waals surface area contributed by atoms with E-state index in [4.69, 9.17) is 11.6 Å². The molecule has 0 aliphatic carbocycles. The van der Waals surface area contributed by atoms with Crippen LogP contribution in [0, 0.1) is 6.92 Å². The van der Waals surface area contributed by atoms with Gasteiger partial charge in [0, 0.05) is 11.6 Å². The van der Waals surface area contributed by atoms with E-state index in [0.717, 1.165) is 18.4 Å². The summed E-state index contributed by atoms with van der Waals surface area (Å²) < 4.78 is 0. The molecule has 2 rings (SSSR count). The number of carbonyl (C=O) groups excluding carboxylic acids is 1. The molecule has 2 aromatic rings. The lowest BCUT2D eigenvalue weighted by Crippen LogP contribution is -2.26. The predicted molar refractivity (Wildman–Crippen MR) is 87.7 cm³/mol. The zero-order valence-electron chi connectivity index (χ0n) is 12.2. The number of hydrogen-bond acceptors (Lipinski definition) is 1. The van der Waals surface area contributed by atoms with Crippen molar-refractivity contribution in [1.29, 1.82) is 0 Å². The summed E-state index contributed by atoms with van der Waals surface area (Å²) >= 11 is 5.90. The zero-order chi connectivity index (χ0) is 15.1. The maximum atomic E-state index is 11.8. The Morgan fingerprint density at radius 1 is 1.10 bits per heavy atom. The van der Waals surface area contributed by atoms with Crippen LogP contribution in [0.25, 0.3) is 0 Å². The monoisotopic (exact) mass is 301 g/mol. The Morgan fingerprint density at radius 2 is 1.86 bits per heavy atom. The van der Waals surface area contributed by atoms with Crippen molar-refractivity contribution < 1.29 is 4.79 Å². The van der Waals surface area contributed by atoms with Crippen LogP contribution in [0.1, 0.15) is 23.1 Å². The summed E-state index contributed by atoms with van der Waals surface area (Å²) in [4.78, 5) is 11.8. The van der Waals surface area contributed by atoms with E-state index in [0.29, 0.717) is 18.0 Å². The third-order valence-electron chi connectivity index (χ3n) is 3.30. The lowest BCUT2D eigenvalue weighted by Gasteiger charge is -2.06. The highest BCUT2D eigenvalue weighted by molar-refractivity contribution is 6.30. The fraction of sp³-hybridized carbons (Fsp3) is 0.278. The standard InChI is InChI=1S/C18H20ClNO/c1-14-5-2-6-15(11-14)8-4-10-20-18(21)13-16-7-3-9-17(19)12-16/h2-3,5-7,9,11-12H,4,8,10,13H2,1H3,(H,20,21). The average Bonchev–Trinajstić information content (AvgIpc) is 2.44. The summed E-state index contributed by atoms with van der Waals surface area (Å²) in [6, 6.07) is 15.9. The van der Waals surface area contributed by atoms with Gasteiger partial charge >= 0.3 is 0 Å². The van der Waals surface area contributed by atoms with E-state index in [9.17, 15) is 4.79 Å². The number of rotatable bonds is 6. The van der Waals surface area contributed by atoms with Crippen LogP contribution in [0.3, 0.4) is 0 Å². The third-order valence-corrected chi connectivity index (χ3v) is 3.54. The molecule has 1 amide bonds. The van der Waals surface area contributed by atoms with Gasteiger partial charge in [0.2, 0.25) is 5.91 Å². The van der Waals surface area contributed by atoms with E-state index < -0.39 is 0 Å². The first kappa shape index (κ1) is 15.6. The first-order valence-corrected chi connectivity index (χ1v) is 7.58. The number of amides is 1. The lowest BCUT2D eigenvalue weighted by atomic mass is 10.1. The van der Waals surface area contributed by atoms with Gasteiger partial charge in [0.25, 0.3) is 0 Å². The Balaban J connectivity index is 1.70. The van der Waals surface area contributed by atoms with Crippen molar-refractivity contribution in [2.24, 2.45) is 0 Å². The molecule has 0 aromatic heterocycles. The Morgan fingerprint density at radius 3 is 2.62 bits per heavy atom. The summed E-state index contributed by atoms with van der Waals surface area (Å²) in [5.41, 5.74) is 3.54. The van der Waals surface area contributed by atoms with Crippen LogP contribution in [-0.2, 0) is 17.6 Å². The number of nitrogens with one attached hydrogen (secondary N) is 1. The molecule has 0 atom stereocenters. The molecule has 0 aliphatic rings. The molecule has 3 heteroatoms. The van der Waals surface area contributed by atoms with E-state index in [1.165, 1.54) is 11.1 Å². The maximum absolute atomic E-state index is 11.8. The molecule has 0 spiro atoms. The molecule has 0 bridgehead atoms. The van der Waals surface area contributed by atoms with Crippen molar-refractivity contribution in [2.75, 3.05) is 6.54 Å². The lowest BCUT2D eigenvalue weighted by molar-refractivity contribution is -0.120. The van der Waals surface area contributed by atoms with Crippen molar-refractivity contribution >= 4 is 17.5 Å².